The van der Waals surface area contributed by atoms with Crippen LogP contribution < -0.4 is 16.3 Å². The zero-order valence-corrected chi connectivity index (χ0v) is 14.0. The van der Waals surface area contributed by atoms with Crippen molar-refractivity contribution in [2.75, 3.05) is 10.6 Å². The second-order valence-corrected chi connectivity index (χ2v) is 5.56. The van der Waals surface area contributed by atoms with Crippen molar-refractivity contribution < 1.29 is 9.18 Å². The van der Waals surface area contributed by atoms with Crippen molar-refractivity contribution in [3.63, 3.8) is 0 Å². The zero-order valence-electron chi connectivity index (χ0n) is 14.0. The molecule has 0 atom stereocenters. The molecule has 1 heterocycles. The maximum Gasteiger partial charge on any atom is 0.329 e. The highest BCUT2D eigenvalue weighted by molar-refractivity contribution is 6.00. The van der Waals surface area contributed by atoms with Crippen LogP contribution in [0.1, 0.15) is 13.8 Å². The standard InChI is InChI=1S/C18H19FN4O2/c1-3-22-15-9-8-14(11-16(15)23(4-2)18(22)25)21-17(24)20-13-7-5-6-12(19)10-13/h5-11H,3-4H2,1-2H3,(H2,20,21,24). The molecule has 0 saturated heterocycles. The minimum absolute atomic E-state index is 0.0682. The van der Waals surface area contributed by atoms with Crippen LogP contribution in [0.4, 0.5) is 20.6 Å². The van der Waals surface area contributed by atoms with Crippen molar-refractivity contribution in [1.29, 1.82) is 0 Å². The Bertz CT molecular complexity index is 990. The Morgan fingerprint density at radius 3 is 2.24 bits per heavy atom. The first-order valence-electron chi connectivity index (χ1n) is 8.10. The Hall–Kier alpha value is -3.09. The van der Waals surface area contributed by atoms with Crippen molar-refractivity contribution >= 4 is 28.4 Å². The highest BCUT2D eigenvalue weighted by Gasteiger charge is 2.12. The second kappa shape index (κ2) is 6.80. The maximum atomic E-state index is 13.2. The summed E-state index contributed by atoms with van der Waals surface area (Å²) < 4.78 is 16.5. The summed E-state index contributed by atoms with van der Waals surface area (Å²) in [6.45, 7) is 4.94. The summed E-state index contributed by atoms with van der Waals surface area (Å²) in [5.74, 6) is -0.424. The van der Waals surface area contributed by atoms with Crippen LogP contribution in [0.2, 0.25) is 0 Å². The number of amides is 2. The van der Waals surface area contributed by atoms with Gasteiger partial charge in [-0.25, -0.2) is 14.0 Å². The fourth-order valence-corrected chi connectivity index (χ4v) is 2.87. The predicted molar refractivity (Wildman–Crippen MR) is 96.6 cm³/mol. The lowest BCUT2D eigenvalue weighted by atomic mass is 10.2. The summed E-state index contributed by atoms with van der Waals surface area (Å²) in [5.41, 5.74) is 2.43. The van der Waals surface area contributed by atoms with E-state index in [-0.39, 0.29) is 5.69 Å². The molecule has 0 fully saturated rings. The number of halogens is 1. The lowest BCUT2D eigenvalue weighted by Crippen LogP contribution is -2.23. The van der Waals surface area contributed by atoms with E-state index in [4.69, 9.17) is 0 Å². The molecule has 3 rings (SSSR count). The van der Waals surface area contributed by atoms with Crippen LogP contribution in [0.3, 0.4) is 0 Å². The third kappa shape index (κ3) is 3.26. The molecule has 0 bridgehead atoms. The Morgan fingerprint density at radius 1 is 0.960 bits per heavy atom. The molecule has 7 heteroatoms. The number of carbonyl (C=O) groups excluding carboxylic acids is 1. The normalized spacial score (nSPS) is 10.8. The number of urea groups is 1. The molecule has 2 amide bonds. The van der Waals surface area contributed by atoms with E-state index in [1.165, 1.54) is 18.2 Å². The molecule has 1 aromatic heterocycles. The third-order valence-electron chi connectivity index (χ3n) is 3.99. The van der Waals surface area contributed by atoms with E-state index < -0.39 is 11.8 Å². The summed E-state index contributed by atoms with van der Waals surface area (Å²) in [6, 6.07) is 10.5. The minimum atomic E-state index is -0.481. The van der Waals surface area contributed by atoms with Gasteiger partial charge >= 0.3 is 11.7 Å². The van der Waals surface area contributed by atoms with Gasteiger partial charge in [-0.05, 0) is 50.2 Å². The van der Waals surface area contributed by atoms with E-state index in [1.54, 1.807) is 27.3 Å². The molecule has 25 heavy (non-hydrogen) atoms. The van der Waals surface area contributed by atoms with E-state index in [2.05, 4.69) is 10.6 Å². The molecule has 130 valence electrons. The Kier molecular flexibility index (Phi) is 4.56. The first kappa shape index (κ1) is 16.8. The molecule has 0 aliphatic carbocycles. The Labute approximate surface area is 143 Å². The number of hydrogen-bond donors (Lipinski definition) is 2. The summed E-state index contributed by atoms with van der Waals surface area (Å²) in [7, 11) is 0. The highest BCUT2D eigenvalue weighted by Crippen LogP contribution is 2.19. The van der Waals surface area contributed by atoms with Crippen LogP contribution in [0.5, 0.6) is 0 Å². The van der Waals surface area contributed by atoms with Gasteiger partial charge in [-0.15, -0.1) is 0 Å². The summed E-state index contributed by atoms with van der Waals surface area (Å²) in [6.07, 6.45) is 0. The van der Waals surface area contributed by atoms with Crippen molar-refractivity contribution in [1.82, 2.24) is 9.13 Å². The molecule has 3 aromatic rings. The van der Waals surface area contributed by atoms with E-state index >= 15 is 0 Å². The Morgan fingerprint density at radius 2 is 1.60 bits per heavy atom. The summed E-state index contributed by atoms with van der Waals surface area (Å²) in [4.78, 5) is 24.4. The fourth-order valence-electron chi connectivity index (χ4n) is 2.87. The lowest BCUT2D eigenvalue weighted by molar-refractivity contribution is 0.262. The van der Waals surface area contributed by atoms with Crippen LogP contribution in [0.15, 0.2) is 47.3 Å². The zero-order chi connectivity index (χ0) is 18.0. The fraction of sp³-hybridized carbons (Fsp3) is 0.222. The molecule has 0 spiro atoms. The number of rotatable bonds is 4. The number of benzene rings is 2. The molecule has 0 saturated carbocycles. The minimum Gasteiger partial charge on any atom is -0.308 e. The van der Waals surface area contributed by atoms with Gasteiger partial charge in [0.25, 0.3) is 0 Å². The molecule has 0 aliphatic rings. The van der Waals surface area contributed by atoms with E-state index in [9.17, 15) is 14.0 Å². The van der Waals surface area contributed by atoms with Gasteiger partial charge < -0.3 is 10.6 Å². The van der Waals surface area contributed by atoms with Gasteiger partial charge in [0.1, 0.15) is 5.82 Å². The number of hydrogen-bond acceptors (Lipinski definition) is 2. The number of nitrogens with zero attached hydrogens (tertiary/aromatic N) is 2. The number of fused-ring (bicyclic) bond motifs is 1. The number of nitrogens with one attached hydrogen (secondary N) is 2. The predicted octanol–water partition coefficient (Wildman–Crippen LogP) is 3.63. The SMILES string of the molecule is CCn1c(=O)n(CC)c2cc(NC(=O)Nc3cccc(F)c3)ccc21. The van der Waals surface area contributed by atoms with Crippen molar-refractivity contribution in [3.05, 3.63) is 58.8 Å². The summed E-state index contributed by atoms with van der Waals surface area (Å²) >= 11 is 0. The largest absolute Gasteiger partial charge is 0.329 e. The van der Waals surface area contributed by atoms with Crippen LogP contribution in [0, 0.1) is 5.82 Å². The van der Waals surface area contributed by atoms with Crippen LogP contribution in [-0.4, -0.2) is 15.2 Å². The van der Waals surface area contributed by atoms with Crippen LogP contribution in [0.25, 0.3) is 11.0 Å². The first-order valence-corrected chi connectivity index (χ1v) is 8.10. The van der Waals surface area contributed by atoms with E-state index in [0.29, 0.717) is 24.5 Å². The maximum absolute atomic E-state index is 13.2. The van der Waals surface area contributed by atoms with Crippen molar-refractivity contribution in [2.45, 2.75) is 26.9 Å². The third-order valence-corrected chi connectivity index (χ3v) is 3.99. The molecule has 2 N–H and O–H groups in total. The average molecular weight is 342 g/mol. The van der Waals surface area contributed by atoms with E-state index in [1.807, 2.05) is 19.9 Å². The van der Waals surface area contributed by atoms with Gasteiger partial charge in [-0.1, -0.05) is 6.07 Å². The Balaban J connectivity index is 1.87. The van der Waals surface area contributed by atoms with Crippen molar-refractivity contribution in [2.24, 2.45) is 0 Å². The first-order chi connectivity index (χ1) is 12.0. The monoisotopic (exact) mass is 342 g/mol. The molecular formula is C18H19FN4O2. The molecule has 6 nitrogen and oxygen atoms in total. The molecular weight excluding hydrogens is 323 g/mol. The number of aromatic nitrogens is 2. The molecule has 0 unspecified atom stereocenters. The van der Waals surface area contributed by atoms with Gasteiger partial charge in [-0.3, -0.25) is 9.13 Å². The number of anilines is 2. The smallest absolute Gasteiger partial charge is 0.308 e. The second-order valence-electron chi connectivity index (χ2n) is 5.56. The molecule has 0 radical (unpaired) electrons. The van der Waals surface area contributed by atoms with Crippen LogP contribution in [-0.2, 0) is 13.1 Å². The number of aryl methyl sites for hydroxylation is 2. The molecule has 0 aliphatic heterocycles. The quantitative estimate of drug-likeness (QED) is 0.760. The lowest BCUT2D eigenvalue weighted by Gasteiger charge is -2.08. The van der Waals surface area contributed by atoms with Gasteiger partial charge in [0, 0.05) is 24.5 Å². The molecule has 2 aromatic carbocycles. The van der Waals surface area contributed by atoms with Gasteiger partial charge in [0.15, 0.2) is 0 Å². The van der Waals surface area contributed by atoms with Crippen molar-refractivity contribution in [3.8, 4) is 0 Å². The van der Waals surface area contributed by atoms with Gasteiger partial charge in [0.05, 0.1) is 11.0 Å². The van der Waals surface area contributed by atoms with Crippen LogP contribution >= 0.6 is 0 Å². The van der Waals surface area contributed by atoms with Gasteiger partial charge in [-0.2, -0.15) is 0 Å². The van der Waals surface area contributed by atoms with E-state index in [0.717, 1.165) is 11.0 Å². The number of imidazole rings is 1. The number of carbonyl (C=O) groups is 1. The topological polar surface area (TPSA) is 68.1 Å². The summed E-state index contributed by atoms with van der Waals surface area (Å²) in [5, 5.41) is 5.27. The van der Waals surface area contributed by atoms with Gasteiger partial charge in [0.2, 0.25) is 0 Å². The average Bonchev–Trinajstić information content (AvgIpc) is 2.84. The highest BCUT2D eigenvalue weighted by atomic mass is 19.1.